The molecule has 4 aliphatic rings. The maximum absolute atomic E-state index is 12.5. The topological polar surface area (TPSA) is 47.6 Å². The first-order chi connectivity index (χ1) is 11.2. The molecule has 1 saturated carbocycles. The zero-order valence-corrected chi connectivity index (χ0v) is 14.5. The fraction of sp³-hybridized carbons (Fsp3) is 0.944. The zero-order chi connectivity index (χ0) is 15.9. The van der Waals surface area contributed by atoms with E-state index < -0.39 is 0 Å². The number of fused-ring (bicyclic) bond motifs is 1. The van der Waals surface area contributed by atoms with Gasteiger partial charge in [0.25, 0.3) is 0 Å². The fourth-order valence-electron chi connectivity index (χ4n) is 5.40. The van der Waals surface area contributed by atoms with E-state index in [1.807, 2.05) is 0 Å². The van der Waals surface area contributed by atoms with Crippen molar-refractivity contribution in [2.75, 3.05) is 26.2 Å². The van der Waals surface area contributed by atoms with Gasteiger partial charge in [0.2, 0.25) is 0 Å². The molecule has 5 nitrogen and oxygen atoms in total. The average molecular weight is 320 g/mol. The molecule has 2 amide bonds. The summed E-state index contributed by atoms with van der Waals surface area (Å²) in [6, 6.07) is 1.58. The van der Waals surface area contributed by atoms with Gasteiger partial charge in [-0.1, -0.05) is 12.8 Å². The van der Waals surface area contributed by atoms with Crippen LogP contribution in [0.3, 0.4) is 0 Å². The molecule has 5 heteroatoms. The third-order valence-corrected chi connectivity index (χ3v) is 6.93. The normalized spacial score (nSPS) is 35.9. The van der Waals surface area contributed by atoms with Crippen molar-refractivity contribution in [2.24, 2.45) is 0 Å². The highest BCUT2D eigenvalue weighted by Crippen LogP contribution is 2.34. The standard InChI is InChI=1S/C18H32N4O/c1-18(8-10-19-11-9-18)21-12-6-14(7-13-21)22-16-5-3-2-4-15(16)20-17(22)23/h14-16,19H,2-13H2,1H3,(H,20,23)/t15-,16+/m0/s1. The number of hydrogen-bond donors (Lipinski definition) is 2. The van der Waals surface area contributed by atoms with Crippen LogP contribution < -0.4 is 10.6 Å². The predicted octanol–water partition coefficient (Wildman–Crippen LogP) is 1.93. The molecule has 23 heavy (non-hydrogen) atoms. The summed E-state index contributed by atoms with van der Waals surface area (Å²) >= 11 is 0. The fourth-order valence-corrected chi connectivity index (χ4v) is 5.40. The molecule has 3 heterocycles. The number of piperidine rings is 2. The first kappa shape index (κ1) is 15.7. The summed E-state index contributed by atoms with van der Waals surface area (Å²) in [6.07, 6.45) is 9.76. The third kappa shape index (κ3) is 2.86. The summed E-state index contributed by atoms with van der Waals surface area (Å²) in [4.78, 5) is 17.4. The second-order valence-electron chi connectivity index (χ2n) is 8.28. The first-order valence-electron chi connectivity index (χ1n) is 9.72. The van der Waals surface area contributed by atoms with Crippen molar-refractivity contribution in [1.29, 1.82) is 0 Å². The van der Waals surface area contributed by atoms with Crippen molar-refractivity contribution in [1.82, 2.24) is 20.4 Å². The van der Waals surface area contributed by atoms with Crippen LogP contribution in [0.25, 0.3) is 0 Å². The van der Waals surface area contributed by atoms with E-state index in [1.54, 1.807) is 0 Å². The molecule has 0 aromatic rings. The highest BCUT2D eigenvalue weighted by Gasteiger charge is 2.45. The average Bonchev–Trinajstić information content (AvgIpc) is 2.91. The van der Waals surface area contributed by atoms with Gasteiger partial charge in [0, 0.05) is 24.7 Å². The van der Waals surface area contributed by atoms with Crippen LogP contribution in [0.15, 0.2) is 0 Å². The lowest BCUT2D eigenvalue weighted by Crippen LogP contribution is -2.58. The Morgan fingerprint density at radius 3 is 2.48 bits per heavy atom. The van der Waals surface area contributed by atoms with Gasteiger partial charge in [-0.05, 0) is 58.5 Å². The molecule has 0 radical (unpaired) electrons. The number of urea groups is 1. The first-order valence-corrected chi connectivity index (χ1v) is 9.72. The smallest absolute Gasteiger partial charge is 0.318 e. The van der Waals surface area contributed by atoms with Crippen LogP contribution in [-0.4, -0.2) is 65.7 Å². The summed E-state index contributed by atoms with van der Waals surface area (Å²) in [6.45, 7) is 7.04. The minimum absolute atomic E-state index is 0.216. The van der Waals surface area contributed by atoms with Gasteiger partial charge in [-0.2, -0.15) is 0 Å². The summed E-state index contributed by atoms with van der Waals surface area (Å²) < 4.78 is 0. The number of hydrogen-bond acceptors (Lipinski definition) is 3. The maximum atomic E-state index is 12.5. The van der Waals surface area contributed by atoms with E-state index in [2.05, 4.69) is 27.4 Å². The van der Waals surface area contributed by atoms with E-state index in [4.69, 9.17) is 0 Å². The highest BCUT2D eigenvalue weighted by atomic mass is 16.2. The largest absolute Gasteiger partial charge is 0.333 e. The van der Waals surface area contributed by atoms with Crippen LogP contribution in [0.2, 0.25) is 0 Å². The molecule has 0 spiro atoms. The highest BCUT2D eigenvalue weighted by molar-refractivity contribution is 5.78. The van der Waals surface area contributed by atoms with Crippen molar-refractivity contribution < 1.29 is 4.79 Å². The van der Waals surface area contributed by atoms with Crippen LogP contribution in [0.4, 0.5) is 4.79 Å². The molecule has 0 aromatic heterocycles. The Bertz CT molecular complexity index is 440. The lowest BCUT2D eigenvalue weighted by molar-refractivity contribution is 0.0239. The van der Waals surface area contributed by atoms with Gasteiger partial charge in [0.1, 0.15) is 0 Å². The number of nitrogens with zero attached hydrogens (tertiary/aromatic N) is 2. The van der Waals surface area contributed by atoms with Gasteiger partial charge >= 0.3 is 6.03 Å². The van der Waals surface area contributed by atoms with Gasteiger partial charge in [-0.15, -0.1) is 0 Å². The number of carbonyl (C=O) groups excluding carboxylic acids is 1. The van der Waals surface area contributed by atoms with Crippen molar-refractivity contribution in [3.63, 3.8) is 0 Å². The van der Waals surface area contributed by atoms with Gasteiger partial charge < -0.3 is 15.5 Å². The number of amides is 2. The molecule has 3 saturated heterocycles. The van der Waals surface area contributed by atoms with E-state index in [1.165, 1.54) is 38.5 Å². The number of rotatable bonds is 2. The Morgan fingerprint density at radius 2 is 1.74 bits per heavy atom. The Kier molecular flexibility index (Phi) is 4.26. The zero-order valence-electron chi connectivity index (χ0n) is 14.5. The molecule has 0 unspecified atom stereocenters. The lowest BCUT2D eigenvalue weighted by atomic mass is 9.85. The molecular formula is C18H32N4O. The monoisotopic (exact) mass is 320 g/mol. The van der Waals surface area contributed by atoms with Crippen molar-refractivity contribution in [3.05, 3.63) is 0 Å². The van der Waals surface area contributed by atoms with Crippen molar-refractivity contribution >= 4 is 6.03 Å². The Morgan fingerprint density at radius 1 is 1.04 bits per heavy atom. The SMILES string of the molecule is CC1(N2CCC(N3C(=O)N[C@H]4CCCC[C@H]43)CC2)CCNCC1. The number of nitrogens with one attached hydrogen (secondary N) is 2. The summed E-state index contributed by atoms with van der Waals surface area (Å²) in [5.74, 6) is 0. The minimum atomic E-state index is 0.216. The van der Waals surface area contributed by atoms with Gasteiger partial charge in [-0.25, -0.2) is 4.79 Å². The Balaban J connectivity index is 1.38. The Labute approximate surface area is 140 Å². The summed E-state index contributed by atoms with van der Waals surface area (Å²) in [5, 5.41) is 6.73. The van der Waals surface area contributed by atoms with E-state index in [9.17, 15) is 4.79 Å². The molecule has 0 aromatic carbocycles. The third-order valence-electron chi connectivity index (χ3n) is 6.93. The van der Waals surface area contributed by atoms with Gasteiger partial charge in [0.15, 0.2) is 0 Å². The van der Waals surface area contributed by atoms with Crippen LogP contribution in [-0.2, 0) is 0 Å². The molecule has 0 bridgehead atoms. The molecule has 3 aliphatic heterocycles. The van der Waals surface area contributed by atoms with Crippen LogP contribution in [0.5, 0.6) is 0 Å². The van der Waals surface area contributed by atoms with E-state index in [-0.39, 0.29) is 6.03 Å². The van der Waals surface area contributed by atoms with Crippen molar-refractivity contribution in [3.8, 4) is 0 Å². The molecule has 130 valence electrons. The maximum Gasteiger partial charge on any atom is 0.318 e. The number of carbonyl (C=O) groups is 1. The van der Waals surface area contributed by atoms with Crippen molar-refractivity contribution in [2.45, 2.75) is 82.0 Å². The molecule has 2 atom stereocenters. The molecular weight excluding hydrogens is 288 g/mol. The minimum Gasteiger partial charge on any atom is -0.333 e. The van der Waals surface area contributed by atoms with Crippen LogP contribution >= 0.6 is 0 Å². The van der Waals surface area contributed by atoms with Crippen LogP contribution in [0, 0.1) is 0 Å². The predicted molar refractivity (Wildman–Crippen MR) is 91.5 cm³/mol. The van der Waals surface area contributed by atoms with E-state index in [0.29, 0.717) is 23.7 Å². The quantitative estimate of drug-likeness (QED) is 0.817. The van der Waals surface area contributed by atoms with E-state index >= 15 is 0 Å². The molecule has 2 N–H and O–H groups in total. The summed E-state index contributed by atoms with van der Waals surface area (Å²) in [5.41, 5.74) is 0.372. The van der Waals surface area contributed by atoms with Gasteiger partial charge in [0.05, 0.1) is 12.1 Å². The molecule has 4 rings (SSSR count). The lowest BCUT2D eigenvalue weighted by Gasteiger charge is -2.49. The number of likely N-dealkylation sites (tertiary alicyclic amines) is 1. The molecule has 1 aliphatic carbocycles. The van der Waals surface area contributed by atoms with Gasteiger partial charge in [-0.3, -0.25) is 4.90 Å². The van der Waals surface area contributed by atoms with Crippen LogP contribution in [0.1, 0.15) is 58.3 Å². The summed E-state index contributed by atoms with van der Waals surface area (Å²) in [7, 11) is 0. The van der Waals surface area contributed by atoms with E-state index in [0.717, 1.165) is 39.0 Å². The second kappa shape index (κ2) is 6.25. The Hall–Kier alpha value is -0.810. The second-order valence-corrected chi connectivity index (χ2v) is 8.28. The molecule has 4 fully saturated rings.